The Balaban J connectivity index is 2.50. The van der Waals surface area contributed by atoms with Crippen LogP contribution in [0.5, 0.6) is 0 Å². The van der Waals surface area contributed by atoms with E-state index < -0.39 is 0 Å². The molecular weight excluding hydrogens is 290 g/mol. The van der Waals surface area contributed by atoms with Gasteiger partial charge in [-0.3, -0.25) is 10.4 Å². The van der Waals surface area contributed by atoms with E-state index in [1.54, 1.807) is 19.2 Å². The lowest BCUT2D eigenvalue weighted by Gasteiger charge is -2.21. The van der Waals surface area contributed by atoms with E-state index in [2.05, 4.69) is 34.2 Å². The summed E-state index contributed by atoms with van der Waals surface area (Å²) in [5, 5.41) is 14.8. The lowest BCUT2D eigenvalue weighted by atomic mass is 9.96. The number of aliphatic hydroxyl groups excluding tert-OH is 1. The van der Waals surface area contributed by atoms with E-state index in [1.165, 1.54) is 0 Å². The number of likely N-dealkylation sites (N-methyl/N-ethyl adjacent to an activating group) is 1. The smallest absolute Gasteiger partial charge is 0.148 e. The SMILES string of the molecule is C=C/C=C(\C=C\O)C1c2cc(C(=NC)NN=C)ccc2NN1C. The zero-order chi connectivity index (χ0) is 16.8. The summed E-state index contributed by atoms with van der Waals surface area (Å²) in [6.45, 7) is 7.17. The molecule has 120 valence electrons. The van der Waals surface area contributed by atoms with Gasteiger partial charge in [0, 0.05) is 31.9 Å². The molecule has 0 aromatic heterocycles. The summed E-state index contributed by atoms with van der Waals surface area (Å²) in [7, 11) is 3.64. The molecule has 1 atom stereocenters. The maximum Gasteiger partial charge on any atom is 0.148 e. The largest absolute Gasteiger partial charge is 0.516 e. The number of hydrogen-bond donors (Lipinski definition) is 3. The average Bonchev–Trinajstić information content (AvgIpc) is 2.87. The summed E-state index contributed by atoms with van der Waals surface area (Å²) in [5.74, 6) is 0.642. The fourth-order valence-electron chi connectivity index (χ4n) is 2.68. The highest BCUT2D eigenvalue weighted by atomic mass is 16.2. The highest BCUT2D eigenvalue weighted by molar-refractivity contribution is 5.99. The number of hydrogen-bond acceptors (Lipinski definition) is 5. The molecule has 1 aromatic carbocycles. The van der Waals surface area contributed by atoms with Gasteiger partial charge in [0.05, 0.1) is 18.0 Å². The van der Waals surface area contributed by atoms with E-state index in [0.717, 1.165) is 28.6 Å². The van der Waals surface area contributed by atoms with E-state index in [-0.39, 0.29) is 6.04 Å². The van der Waals surface area contributed by atoms with Crippen LogP contribution in [0.15, 0.2) is 64.9 Å². The number of rotatable bonds is 5. The molecule has 0 saturated carbocycles. The fourth-order valence-corrected chi connectivity index (χ4v) is 2.68. The van der Waals surface area contributed by atoms with Crippen molar-refractivity contribution in [1.82, 2.24) is 10.4 Å². The lowest BCUT2D eigenvalue weighted by Crippen LogP contribution is -2.24. The van der Waals surface area contributed by atoms with Crippen LogP contribution in [0.4, 0.5) is 5.69 Å². The summed E-state index contributed by atoms with van der Waals surface area (Å²) in [5.41, 5.74) is 10.00. The second-order valence-electron chi connectivity index (χ2n) is 4.99. The Morgan fingerprint density at radius 3 is 2.87 bits per heavy atom. The molecule has 0 saturated heterocycles. The van der Waals surface area contributed by atoms with Gasteiger partial charge >= 0.3 is 0 Å². The van der Waals surface area contributed by atoms with Gasteiger partial charge < -0.3 is 10.5 Å². The predicted octanol–water partition coefficient (Wildman–Crippen LogP) is 2.77. The first-order chi connectivity index (χ1) is 11.2. The van der Waals surface area contributed by atoms with Crippen molar-refractivity contribution in [1.29, 1.82) is 0 Å². The molecule has 3 N–H and O–H groups in total. The molecule has 6 nitrogen and oxygen atoms in total. The number of aliphatic imine (C=N–C) groups is 1. The van der Waals surface area contributed by atoms with Crippen LogP contribution in [0.1, 0.15) is 17.2 Å². The van der Waals surface area contributed by atoms with Crippen LogP contribution < -0.4 is 10.9 Å². The first-order valence-electron chi connectivity index (χ1n) is 7.12. The maximum absolute atomic E-state index is 9.17. The van der Waals surface area contributed by atoms with E-state index in [9.17, 15) is 0 Å². The summed E-state index contributed by atoms with van der Waals surface area (Å²) in [4.78, 5) is 4.19. The molecule has 6 heteroatoms. The topological polar surface area (TPSA) is 72.2 Å². The Morgan fingerprint density at radius 1 is 1.48 bits per heavy atom. The molecule has 0 fully saturated rings. The third-order valence-electron chi connectivity index (χ3n) is 3.61. The first-order valence-corrected chi connectivity index (χ1v) is 7.12. The van der Waals surface area contributed by atoms with E-state index >= 15 is 0 Å². The maximum atomic E-state index is 9.17. The van der Waals surface area contributed by atoms with Crippen molar-refractivity contribution in [2.75, 3.05) is 19.5 Å². The Hall–Kier alpha value is -2.86. The van der Waals surface area contributed by atoms with Gasteiger partial charge in [0.25, 0.3) is 0 Å². The Labute approximate surface area is 136 Å². The van der Waals surface area contributed by atoms with Gasteiger partial charge in [0.2, 0.25) is 0 Å². The van der Waals surface area contributed by atoms with Gasteiger partial charge in [-0.2, -0.15) is 5.10 Å². The van der Waals surface area contributed by atoms with Gasteiger partial charge in [-0.15, -0.1) is 0 Å². The van der Waals surface area contributed by atoms with Crippen molar-refractivity contribution in [3.8, 4) is 0 Å². The number of hydrazone groups is 1. The van der Waals surface area contributed by atoms with Crippen LogP contribution in [0.25, 0.3) is 0 Å². The molecule has 0 amide bonds. The Bertz CT molecular complexity index is 690. The van der Waals surface area contributed by atoms with Gasteiger partial charge in [-0.1, -0.05) is 18.7 Å². The van der Waals surface area contributed by atoms with Crippen LogP contribution >= 0.6 is 0 Å². The minimum absolute atomic E-state index is 0.0545. The number of anilines is 1. The van der Waals surface area contributed by atoms with Crippen LogP contribution in [0.3, 0.4) is 0 Å². The molecular formula is C17H21N5O. The standard InChI is InChI=1S/C17H21N5O/c1-5-6-12(9-10-23)16-14-11-13(17(18-2)20-19-3)7-8-15(14)21-22(16)4/h5-11,16,21,23H,1,3H2,2,4H3,(H,18,20)/b10-9+,12-6+. The highest BCUT2D eigenvalue weighted by Gasteiger charge is 2.29. The number of hydrazine groups is 1. The van der Waals surface area contributed by atoms with E-state index in [4.69, 9.17) is 5.11 Å². The third-order valence-corrected chi connectivity index (χ3v) is 3.61. The average molecular weight is 311 g/mol. The molecule has 0 spiro atoms. The molecule has 2 rings (SSSR count). The lowest BCUT2D eigenvalue weighted by molar-refractivity contribution is 0.361. The Kier molecular flexibility index (Phi) is 5.32. The van der Waals surface area contributed by atoms with E-state index in [0.29, 0.717) is 5.84 Å². The summed E-state index contributed by atoms with van der Waals surface area (Å²) < 4.78 is 0. The van der Waals surface area contributed by atoms with Gasteiger partial charge in [0.1, 0.15) is 5.84 Å². The van der Waals surface area contributed by atoms with Crippen molar-refractivity contribution in [2.24, 2.45) is 10.1 Å². The quantitative estimate of drug-likeness (QED) is 0.257. The van der Waals surface area contributed by atoms with Crippen LogP contribution in [0, 0.1) is 0 Å². The highest BCUT2D eigenvalue weighted by Crippen LogP contribution is 2.39. The number of aliphatic hydroxyl groups is 1. The van der Waals surface area contributed by atoms with Crippen LogP contribution in [-0.4, -0.2) is 36.8 Å². The molecule has 0 bridgehead atoms. The molecule has 1 heterocycles. The molecule has 1 aliphatic heterocycles. The summed E-state index contributed by atoms with van der Waals surface area (Å²) >= 11 is 0. The third kappa shape index (κ3) is 3.32. The van der Waals surface area contributed by atoms with Crippen molar-refractivity contribution < 1.29 is 5.11 Å². The number of amidine groups is 1. The zero-order valence-electron chi connectivity index (χ0n) is 13.3. The fraction of sp³-hybridized carbons (Fsp3) is 0.176. The van der Waals surface area contributed by atoms with Crippen LogP contribution in [0.2, 0.25) is 0 Å². The predicted molar refractivity (Wildman–Crippen MR) is 95.8 cm³/mol. The second kappa shape index (κ2) is 7.42. The zero-order valence-corrected chi connectivity index (χ0v) is 13.3. The molecule has 1 aliphatic rings. The molecule has 23 heavy (non-hydrogen) atoms. The minimum Gasteiger partial charge on any atom is -0.516 e. The van der Waals surface area contributed by atoms with Crippen molar-refractivity contribution in [2.45, 2.75) is 6.04 Å². The molecule has 1 aromatic rings. The van der Waals surface area contributed by atoms with Crippen molar-refractivity contribution in [3.63, 3.8) is 0 Å². The van der Waals surface area contributed by atoms with Crippen molar-refractivity contribution >= 4 is 18.2 Å². The van der Waals surface area contributed by atoms with Gasteiger partial charge in [-0.05, 0) is 29.8 Å². The Morgan fingerprint density at radius 2 is 2.26 bits per heavy atom. The number of nitrogens with one attached hydrogen (secondary N) is 2. The van der Waals surface area contributed by atoms with Gasteiger partial charge in [0.15, 0.2) is 0 Å². The second-order valence-corrected chi connectivity index (χ2v) is 4.99. The molecule has 0 radical (unpaired) electrons. The summed E-state index contributed by atoms with van der Waals surface area (Å²) in [6, 6.07) is 5.94. The first kappa shape index (κ1) is 16.5. The summed E-state index contributed by atoms with van der Waals surface area (Å²) in [6.07, 6.45) is 6.26. The number of fused-ring (bicyclic) bond motifs is 1. The monoisotopic (exact) mass is 311 g/mol. The van der Waals surface area contributed by atoms with Gasteiger partial charge in [-0.25, -0.2) is 5.01 Å². The van der Waals surface area contributed by atoms with Crippen LogP contribution in [-0.2, 0) is 0 Å². The van der Waals surface area contributed by atoms with Crippen molar-refractivity contribution in [3.05, 3.63) is 66.0 Å². The number of benzene rings is 1. The van der Waals surface area contributed by atoms with E-state index in [1.807, 2.05) is 36.3 Å². The normalized spacial score (nSPS) is 18.6. The molecule has 1 unspecified atom stereocenters. The minimum atomic E-state index is -0.0545. The molecule has 0 aliphatic carbocycles. The number of nitrogens with zero attached hydrogens (tertiary/aromatic N) is 3. The number of allylic oxidation sites excluding steroid dienone is 2.